The fraction of sp³-hybridized carbons (Fsp3) is 0.444. The summed E-state index contributed by atoms with van der Waals surface area (Å²) < 4.78 is 19.2. The number of aromatic nitrogens is 2. The van der Waals surface area contributed by atoms with E-state index in [1.165, 1.54) is 6.07 Å². The van der Waals surface area contributed by atoms with Gasteiger partial charge in [0.25, 0.3) is 0 Å². The molecule has 120 valence electrons. The summed E-state index contributed by atoms with van der Waals surface area (Å²) in [4.78, 5) is 10.5. The van der Waals surface area contributed by atoms with Crippen LogP contribution in [0.2, 0.25) is 0 Å². The molecule has 2 fully saturated rings. The fourth-order valence-electron chi connectivity index (χ4n) is 3.85. The quantitative estimate of drug-likeness (QED) is 0.869. The van der Waals surface area contributed by atoms with Gasteiger partial charge in [0.2, 0.25) is 0 Å². The third kappa shape index (κ3) is 3.26. The van der Waals surface area contributed by atoms with Gasteiger partial charge in [0.1, 0.15) is 12.1 Å². The van der Waals surface area contributed by atoms with Crippen LogP contribution in [0.5, 0.6) is 0 Å². The lowest BCUT2D eigenvalue weighted by Gasteiger charge is -2.47. The van der Waals surface area contributed by atoms with Crippen molar-refractivity contribution < 1.29 is 9.13 Å². The van der Waals surface area contributed by atoms with Gasteiger partial charge >= 0.3 is 0 Å². The molecule has 0 bridgehead atoms. The molecule has 0 N–H and O–H groups in total. The Bertz CT molecular complexity index is 673. The zero-order valence-electron chi connectivity index (χ0n) is 13.0. The van der Waals surface area contributed by atoms with Gasteiger partial charge in [-0.3, -0.25) is 4.90 Å². The second-order valence-corrected chi connectivity index (χ2v) is 6.86. The highest BCUT2D eigenvalue weighted by Gasteiger charge is 2.48. The van der Waals surface area contributed by atoms with E-state index < -0.39 is 0 Å². The third-order valence-electron chi connectivity index (χ3n) is 4.78. The molecular formula is C18H20FN3O. The lowest BCUT2D eigenvalue weighted by Crippen LogP contribution is -2.56. The Morgan fingerprint density at radius 3 is 2.83 bits per heavy atom. The molecule has 4 rings (SSSR count). The fourth-order valence-corrected chi connectivity index (χ4v) is 3.85. The van der Waals surface area contributed by atoms with Gasteiger partial charge in [-0.15, -0.1) is 0 Å². The maximum Gasteiger partial charge on any atom is 0.123 e. The number of likely N-dealkylation sites (tertiary alicyclic amines) is 1. The van der Waals surface area contributed by atoms with E-state index >= 15 is 0 Å². The van der Waals surface area contributed by atoms with Gasteiger partial charge in [0, 0.05) is 43.9 Å². The van der Waals surface area contributed by atoms with Crippen molar-refractivity contribution in [2.45, 2.75) is 25.5 Å². The lowest BCUT2D eigenvalue weighted by atomic mass is 9.77. The minimum atomic E-state index is -0.160. The first-order chi connectivity index (χ1) is 11.2. The minimum Gasteiger partial charge on any atom is -0.377 e. The molecule has 1 aromatic heterocycles. The molecular weight excluding hydrogens is 293 g/mol. The number of benzene rings is 1. The molecule has 0 aliphatic carbocycles. The molecule has 5 heteroatoms. The van der Waals surface area contributed by atoms with Gasteiger partial charge in [-0.05, 0) is 29.7 Å². The normalized spacial score (nSPS) is 23.1. The van der Waals surface area contributed by atoms with Crippen LogP contribution in [0.25, 0.3) is 0 Å². The number of nitrogens with zero attached hydrogens (tertiary/aromatic N) is 3. The number of hydrogen-bond donors (Lipinski definition) is 0. The van der Waals surface area contributed by atoms with Crippen molar-refractivity contribution in [1.82, 2.24) is 14.9 Å². The molecule has 1 aromatic carbocycles. The second kappa shape index (κ2) is 5.98. The van der Waals surface area contributed by atoms with Crippen molar-refractivity contribution >= 4 is 0 Å². The van der Waals surface area contributed by atoms with E-state index in [0.29, 0.717) is 0 Å². The van der Waals surface area contributed by atoms with Crippen LogP contribution in [0.3, 0.4) is 0 Å². The van der Waals surface area contributed by atoms with Crippen molar-refractivity contribution in [3.63, 3.8) is 0 Å². The Labute approximate surface area is 135 Å². The molecule has 0 saturated carbocycles. The van der Waals surface area contributed by atoms with Gasteiger partial charge < -0.3 is 4.74 Å². The highest BCUT2D eigenvalue weighted by molar-refractivity contribution is 5.17. The summed E-state index contributed by atoms with van der Waals surface area (Å²) >= 11 is 0. The van der Waals surface area contributed by atoms with Crippen LogP contribution < -0.4 is 0 Å². The van der Waals surface area contributed by atoms with Crippen molar-refractivity contribution in [1.29, 1.82) is 0 Å². The SMILES string of the molecule is Fc1cccc(CN2CC3(CO[C@H](Cc4cncnc4)C3)C2)c1. The standard InChI is InChI=1S/C18H20FN3O/c19-16-3-1-2-14(4-16)9-22-10-18(11-22)6-17(23-12-18)5-15-7-20-13-21-8-15/h1-4,7-8,13,17H,5-6,9-12H2/t17-/m1/s1. The van der Waals surface area contributed by atoms with Crippen molar-refractivity contribution in [2.24, 2.45) is 5.41 Å². The van der Waals surface area contributed by atoms with E-state index in [9.17, 15) is 4.39 Å². The first kappa shape index (κ1) is 14.7. The maximum atomic E-state index is 13.2. The van der Waals surface area contributed by atoms with Gasteiger partial charge in [-0.1, -0.05) is 12.1 Å². The van der Waals surface area contributed by atoms with E-state index in [2.05, 4.69) is 14.9 Å². The number of hydrogen-bond acceptors (Lipinski definition) is 4. The average molecular weight is 313 g/mol. The predicted molar refractivity (Wildman–Crippen MR) is 84.2 cm³/mol. The Morgan fingerprint density at radius 1 is 1.22 bits per heavy atom. The monoisotopic (exact) mass is 313 g/mol. The summed E-state index contributed by atoms with van der Waals surface area (Å²) in [6.07, 6.45) is 7.50. The first-order valence-corrected chi connectivity index (χ1v) is 8.03. The molecule has 4 nitrogen and oxygen atoms in total. The largest absolute Gasteiger partial charge is 0.377 e. The molecule has 2 aliphatic rings. The van der Waals surface area contributed by atoms with E-state index in [4.69, 9.17) is 4.74 Å². The van der Waals surface area contributed by atoms with Gasteiger partial charge in [-0.25, -0.2) is 14.4 Å². The van der Waals surface area contributed by atoms with Gasteiger partial charge in [0.05, 0.1) is 12.7 Å². The maximum absolute atomic E-state index is 13.2. The number of ether oxygens (including phenoxy) is 1. The summed E-state index contributed by atoms with van der Waals surface area (Å²) in [5, 5.41) is 0. The predicted octanol–water partition coefficient (Wildman–Crippen LogP) is 2.45. The van der Waals surface area contributed by atoms with Crippen LogP contribution in [-0.2, 0) is 17.7 Å². The smallest absolute Gasteiger partial charge is 0.123 e. The number of rotatable bonds is 4. The van der Waals surface area contributed by atoms with Crippen molar-refractivity contribution in [3.8, 4) is 0 Å². The van der Waals surface area contributed by atoms with Crippen LogP contribution in [-0.4, -0.2) is 40.7 Å². The zero-order chi connectivity index (χ0) is 15.7. The van der Waals surface area contributed by atoms with Gasteiger partial charge in [-0.2, -0.15) is 0 Å². The number of halogens is 1. The Hall–Kier alpha value is -1.85. The van der Waals surface area contributed by atoms with Crippen LogP contribution >= 0.6 is 0 Å². The third-order valence-corrected chi connectivity index (χ3v) is 4.78. The molecule has 0 amide bonds. The summed E-state index contributed by atoms with van der Waals surface area (Å²) in [5.41, 5.74) is 2.45. The highest BCUT2D eigenvalue weighted by atomic mass is 19.1. The van der Waals surface area contributed by atoms with E-state index in [1.807, 2.05) is 18.5 Å². The molecule has 2 aliphatic heterocycles. The van der Waals surface area contributed by atoms with E-state index in [1.54, 1.807) is 18.5 Å². The Morgan fingerprint density at radius 2 is 2.04 bits per heavy atom. The topological polar surface area (TPSA) is 38.2 Å². The molecule has 3 heterocycles. The van der Waals surface area contributed by atoms with Crippen molar-refractivity contribution in [2.75, 3.05) is 19.7 Å². The van der Waals surface area contributed by atoms with E-state index in [-0.39, 0.29) is 17.3 Å². The first-order valence-electron chi connectivity index (χ1n) is 8.03. The van der Waals surface area contributed by atoms with Crippen LogP contribution in [0.1, 0.15) is 17.5 Å². The summed E-state index contributed by atoms with van der Waals surface area (Å²) in [6, 6.07) is 6.87. The second-order valence-electron chi connectivity index (χ2n) is 6.86. The molecule has 23 heavy (non-hydrogen) atoms. The van der Waals surface area contributed by atoms with Crippen LogP contribution in [0, 0.1) is 11.2 Å². The van der Waals surface area contributed by atoms with Crippen LogP contribution in [0.15, 0.2) is 43.0 Å². The van der Waals surface area contributed by atoms with Crippen molar-refractivity contribution in [3.05, 3.63) is 59.9 Å². The highest BCUT2D eigenvalue weighted by Crippen LogP contribution is 2.42. The van der Waals surface area contributed by atoms with Gasteiger partial charge in [0.15, 0.2) is 0 Å². The zero-order valence-corrected chi connectivity index (χ0v) is 13.0. The Balaban J connectivity index is 1.29. The van der Waals surface area contributed by atoms with Crippen LogP contribution in [0.4, 0.5) is 4.39 Å². The Kier molecular flexibility index (Phi) is 3.83. The molecule has 2 aromatic rings. The molecule has 0 unspecified atom stereocenters. The molecule has 0 radical (unpaired) electrons. The minimum absolute atomic E-state index is 0.160. The molecule has 2 saturated heterocycles. The lowest BCUT2D eigenvalue weighted by molar-refractivity contribution is -0.0141. The molecule has 1 atom stereocenters. The van der Waals surface area contributed by atoms with E-state index in [0.717, 1.165) is 50.2 Å². The molecule has 1 spiro atoms. The average Bonchev–Trinajstić information content (AvgIpc) is 2.92. The summed E-state index contributed by atoms with van der Waals surface area (Å²) in [5.74, 6) is -0.160. The summed E-state index contributed by atoms with van der Waals surface area (Å²) in [7, 11) is 0. The summed E-state index contributed by atoms with van der Waals surface area (Å²) in [6.45, 7) is 3.71.